The van der Waals surface area contributed by atoms with Gasteiger partial charge >= 0.3 is 0 Å². The summed E-state index contributed by atoms with van der Waals surface area (Å²) in [5.74, 6) is 0. The third-order valence-electron chi connectivity index (χ3n) is 9.59. The van der Waals surface area contributed by atoms with Crippen LogP contribution in [0.5, 0.6) is 0 Å². The molecule has 0 N–H and O–H groups in total. The van der Waals surface area contributed by atoms with Crippen LogP contribution in [0.1, 0.15) is 5.56 Å². The molecule has 0 amide bonds. The van der Waals surface area contributed by atoms with E-state index < -0.39 is 0 Å². The predicted molar refractivity (Wildman–Crippen MR) is 196 cm³/mol. The molecular weight excluding hydrogens is 587 g/mol. The zero-order valence-corrected chi connectivity index (χ0v) is 25.7. The molecule has 4 heteroatoms. The topological polar surface area (TPSA) is 54.8 Å². The van der Waals surface area contributed by atoms with E-state index in [-0.39, 0.29) is 0 Å². The van der Waals surface area contributed by atoms with Crippen molar-refractivity contribution in [3.8, 4) is 34.1 Å². The first-order valence-corrected chi connectivity index (χ1v) is 16.0. The Hall–Kier alpha value is -6.70. The first-order valence-electron chi connectivity index (χ1n) is 16.0. The van der Waals surface area contributed by atoms with Crippen LogP contribution >= 0.6 is 0 Å². The maximum atomic E-state index is 9.74. The molecule has 10 aromatic rings. The van der Waals surface area contributed by atoms with E-state index in [1.54, 1.807) is 0 Å². The fraction of sp³-hybridized carbons (Fsp3) is 0. The second-order valence-corrected chi connectivity index (χ2v) is 12.3. The van der Waals surface area contributed by atoms with Gasteiger partial charge in [-0.15, -0.1) is 0 Å². The minimum absolute atomic E-state index is 0.646. The fourth-order valence-corrected chi connectivity index (χ4v) is 7.39. The molecule has 3 aromatic heterocycles. The number of benzene rings is 7. The van der Waals surface area contributed by atoms with Crippen LogP contribution in [0.4, 0.5) is 0 Å². The maximum Gasteiger partial charge on any atom is 0.144 e. The van der Waals surface area contributed by atoms with Crippen molar-refractivity contribution in [3.63, 3.8) is 0 Å². The Morgan fingerprint density at radius 1 is 0.521 bits per heavy atom. The quantitative estimate of drug-likeness (QED) is 0.187. The van der Waals surface area contributed by atoms with Crippen molar-refractivity contribution in [1.29, 1.82) is 5.26 Å². The number of hydrogen-bond donors (Lipinski definition) is 0. The van der Waals surface area contributed by atoms with Gasteiger partial charge in [-0.2, -0.15) is 5.26 Å². The third kappa shape index (κ3) is 3.85. The molecule has 0 aliphatic carbocycles. The highest BCUT2D eigenvalue weighted by Crippen LogP contribution is 2.42. The molecule has 3 heterocycles. The Balaban J connectivity index is 1.24. The molecule has 0 saturated carbocycles. The van der Waals surface area contributed by atoms with E-state index in [1.165, 1.54) is 0 Å². The van der Waals surface area contributed by atoms with E-state index in [0.717, 1.165) is 93.5 Å². The molecule has 222 valence electrons. The summed E-state index contributed by atoms with van der Waals surface area (Å²) in [6.07, 6.45) is 0. The highest BCUT2D eigenvalue weighted by atomic mass is 16.3. The van der Waals surface area contributed by atoms with Crippen molar-refractivity contribution >= 4 is 65.4 Å². The van der Waals surface area contributed by atoms with Gasteiger partial charge in [-0.1, -0.05) is 91.0 Å². The van der Waals surface area contributed by atoms with E-state index in [2.05, 4.69) is 126 Å². The van der Waals surface area contributed by atoms with Gasteiger partial charge in [0, 0.05) is 49.0 Å². The summed E-state index contributed by atoms with van der Waals surface area (Å²) < 4.78 is 8.85. The molecule has 0 bridgehead atoms. The van der Waals surface area contributed by atoms with Crippen molar-refractivity contribution in [2.75, 3.05) is 0 Å². The molecule has 0 fully saturated rings. The normalized spacial score (nSPS) is 11.7. The van der Waals surface area contributed by atoms with Crippen LogP contribution in [-0.4, -0.2) is 9.55 Å². The molecule has 0 aliphatic rings. The molecule has 0 atom stereocenters. The Kier molecular flexibility index (Phi) is 5.61. The summed E-state index contributed by atoms with van der Waals surface area (Å²) >= 11 is 0. The highest BCUT2D eigenvalue weighted by molar-refractivity contribution is 6.25. The summed E-state index contributed by atoms with van der Waals surface area (Å²) in [4.78, 5) is 5.32. The molecular formula is C44H25N3O. The molecule has 48 heavy (non-hydrogen) atoms. The Morgan fingerprint density at radius 2 is 1.19 bits per heavy atom. The van der Waals surface area contributed by atoms with Gasteiger partial charge in [0.05, 0.1) is 33.9 Å². The SMILES string of the molecule is N#Cc1ccc2c(c1)c1cc(-c3ccc4c(c3)nc(-c3ccccc3)c3ccc5c6ccccc6oc5c34)ccc1n2-c1ccccc1. The van der Waals surface area contributed by atoms with E-state index in [1.807, 2.05) is 36.4 Å². The fourth-order valence-electron chi connectivity index (χ4n) is 7.39. The van der Waals surface area contributed by atoms with Crippen LogP contribution in [0.25, 0.3) is 93.5 Å². The first-order chi connectivity index (χ1) is 23.7. The molecule has 0 spiro atoms. The predicted octanol–water partition coefficient (Wildman–Crippen LogP) is 11.6. The number of para-hydroxylation sites is 2. The summed E-state index contributed by atoms with van der Waals surface area (Å²) in [7, 11) is 0. The van der Waals surface area contributed by atoms with Crippen LogP contribution in [0, 0.1) is 11.3 Å². The lowest BCUT2D eigenvalue weighted by Crippen LogP contribution is -1.93. The van der Waals surface area contributed by atoms with E-state index in [9.17, 15) is 5.26 Å². The van der Waals surface area contributed by atoms with Gasteiger partial charge in [0.1, 0.15) is 11.2 Å². The van der Waals surface area contributed by atoms with Gasteiger partial charge in [-0.05, 0) is 71.8 Å². The van der Waals surface area contributed by atoms with Crippen molar-refractivity contribution in [2.24, 2.45) is 0 Å². The number of rotatable bonds is 3. The molecule has 0 radical (unpaired) electrons. The van der Waals surface area contributed by atoms with Gasteiger partial charge in [0.15, 0.2) is 0 Å². The van der Waals surface area contributed by atoms with Crippen molar-refractivity contribution in [1.82, 2.24) is 9.55 Å². The molecule has 0 aliphatic heterocycles. The van der Waals surface area contributed by atoms with Gasteiger partial charge in [0.25, 0.3) is 0 Å². The maximum absolute atomic E-state index is 9.74. The highest BCUT2D eigenvalue weighted by Gasteiger charge is 2.19. The van der Waals surface area contributed by atoms with Crippen LogP contribution in [0.15, 0.2) is 156 Å². The van der Waals surface area contributed by atoms with E-state index in [4.69, 9.17) is 9.40 Å². The molecule has 7 aromatic carbocycles. The second kappa shape index (κ2) is 10.2. The molecule has 4 nitrogen and oxygen atoms in total. The van der Waals surface area contributed by atoms with Crippen LogP contribution in [0.3, 0.4) is 0 Å². The second-order valence-electron chi connectivity index (χ2n) is 12.3. The largest absolute Gasteiger partial charge is 0.455 e. The number of aromatic nitrogens is 2. The molecule has 0 unspecified atom stereocenters. The molecule has 0 saturated heterocycles. The number of hydrogen-bond acceptors (Lipinski definition) is 3. The average molecular weight is 612 g/mol. The average Bonchev–Trinajstić information content (AvgIpc) is 3.70. The van der Waals surface area contributed by atoms with Gasteiger partial charge in [-0.3, -0.25) is 0 Å². The van der Waals surface area contributed by atoms with Gasteiger partial charge in [-0.25, -0.2) is 4.98 Å². The Morgan fingerprint density at radius 3 is 2.02 bits per heavy atom. The minimum atomic E-state index is 0.646. The van der Waals surface area contributed by atoms with Crippen LogP contribution < -0.4 is 0 Å². The number of pyridine rings is 1. The molecule has 10 rings (SSSR count). The standard InChI is InChI=1S/C44H25N3O/c45-26-27-15-21-39-36(23-27)37-24-29(17-22-40(37)47(39)31-11-5-2-6-12-31)30-16-18-34-38(25-30)46-43(28-9-3-1-4-10-28)35-20-19-33-32-13-7-8-14-41(32)48-44(33)42(34)35/h1-25H. The van der Waals surface area contributed by atoms with Crippen LogP contribution in [-0.2, 0) is 0 Å². The minimum Gasteiger partial charge on any atom is -0.455 e. The lowest BCUT2D eigenvalue weighted by molar-refractivity contribution is 0.673. The summed E-state index contributed by atoms with van der Waals surface area (Å²) in [5, 5.41) is 17.3. The summed E-state index contributed by atoms with van der Waals surface area (Å²) in [6.45, 7) is 0. The van der Waals surface area contributed by atoms with Crippen molar-refractivity contribution in [3.05, 3.63) is 157 Å². The van der Waals surface area contributed by atoms with Gasteiger partial charge in [0.2, 0.25) is 0 Å². The summed E-state index contributed by atoms with van der Waals surface area (Å²) in [5.41, 5.74) is 10.7. The van der Waals surface area contributed by atoms with Gasteiger partial charge < -0.3 is 8.98 Å². The lowest BCUT2D eigenvalue weighted by Gasteiger charge is -2.12. The monoisotopic (exact) mass is 611 g/mol. The Labute approximate surface area is 275 Å². The Bertz CT molecular complexity index is 2950. The lowest BCUT2D eigenvalue weighted by atomic mass is 9.95. The van der Waals surface area contributed by atoms with Crippen molar-refractivity contribution < 1.29 is 4.42 Å². The van der Waals surface area contributed by atoms with Crippen molar-refractivity contribution in [2.45, 2.75) is 0 Å². The number of furan rings is 1. The zero-order valence-electron chi connectivity index (χ0n) is 25.7. The number of nitrogens with zero attached hydrogens (tertiary/aromatic N) is 3. The summed E-state index contributed by atoms with van der Waals surface area (Å²) in [6, 6.07) is 54.8. The van der Waals surface area contributed by atoms with E-state index in [0.29, 0.717) is 5.56 Å². The number of fused-ring (bicyclic) bond motifs is 10. The first kappa shape index (κ1) is 26.5. The zero-order chi connectivity index (χ0) is 31.8. The smallest absolute Gasteiger partial charge is 0.144 e. The van der Waals surface area contributed by atoms with Crippen LogP contribution in [0.2, 0.25) is 0 Å². The van der Waals surface area contributed by atoms with E-state index >= 15 is 0 Å². The third-order valence-corrected chi connectivity index (χ3v) is 9.59. The number of nitriles is 1.